The van der Waals surface area contributed by atoms with Crippen molar-refractivity contribution in [1.82, 2.24) is 14.5 Å². The van der Waals surface area contributed by atoms with Crippen molar-refractivity contribution in [1.29, 1.82) is 0 Å². The number of allylic oxidation sites excluding steroid dienone is 1. The molecule has 0 fully saturated rings. The van der Waals surface area contributed by atoms with Crippen LogP contribution in [0.15, 0.2) is 30.6 Å². The molecule has 0 unspecified atom stereocenters. The quantitative estimate of drug-likeness (QED) is 0.628. The average Bonchev–Trinajstić information content (AvgIpc) is 2.89. The Labute approximate surface area is 144 Å². The number of nitrogens with two attached hydrogens (primary N) is 1. The first-order chi connectivity index (χ1) is 11.7. The Kier molecular flexibility index (Phi) is 3.96. The highest BCUT2D eigenvalue weighted by atomic mass is 16.4. The summed E-state index contributed by atoms with van der Waals surface area (Å²) in [6.07, 6.45) is 2.80. The van der Waals surface area contributed by atoms with Crippen LogP contribution in [0.2, 0.25) is 0 Å². The number of carboxylic acids is 1. The predicted molar refractivity (Wildman–Crippen MR) is 97.0 cm³/mol. The lowest BCUT2D eigenvalue weighted by molar-refractivity contribution is -0.131. The van der Waals surface area contributed by atoms with Crippen LogP contribution < -0.4 is 5.73 Å². The fraction of sp³-hybridized carbons (Fsp3) is 0.278. The molecule has 0 amide bonds. The largest absolute Gasteiger partial charge is 0.478 e. The lowest BCUT2D eigenvalue weighted by Gasteiger charge is -2.18. The molecule has 0 atom stereocenters. The lowest BCUT2D eigenvalue weighted by Crippen LogP contribution is -2.25. The maximum absolute atomic E-state index is 10.9. The van der Waals surface area contributed by atoms with Crippen LogP contribution in [-0.4, -0.2) is 36.3 Å². The third-order valence-corrected chi connectivity index (χ3v) is 3.93. The highest BCUT2D eigenvalue weighted by Crippen LogP contribution is 2.30. The van der Waals surface area contributed by atoms with E-state index >= 15 is 0 Å². The number of pyridine rings is 1. The standard InChI is InChI=1S/C18H20N4O3/c1-10(6-14(23)24)11-4-5-13-12(7-11)16-15(17(19)21-13)20-9-22(16)8-18(2,3)25/h4-7,9,25H,8H2,1-3H3,(H2,19,21)(H,23,24)/b10-6+. The van der Waals surface area contributed by atoms with Crippen LogP contribution in [0.25, 0.3) is 27.5 Å². The Hall–Kier alpha value is -2.93. The van der Waals surface area contributed by atoms with E-state index in [1.54, 1.807) is 33.2 Å². The molecule has 7 heteroatoms. The number of hydrogen-bond donors (Lipinski definition) is 3. The number of imidazole rings is 1. The van der Waals surface area contributed by atoms with Gasteiger partial charge in [0.2, 0.25) is 0 Å². The van der Waals surface area contributed by atoms with Gasteiger partial charge in [-0.05, 0) is 44.0 Å². The number of nitrogen functional groups attached to an aromatic ring is 1. The van der Waals surface area contributed by atoms with Crippen LogP contribution in [0.4, 0.5) is 5.82 Å². The highest BCUT2D eigenvalue weighted by molar-refractivity contribution is 6.07. The molecule has 2 heterocycles. The van der Waals surface area contributed by atoms with Crippen LogP contribution in [-0.2, 0) is 11.3 Å². The van der Waals surface area contributed by atoms with E-state index in [0.717, 1.165) is 22.5 Å². The van der Waals surface area contributed by atoms with Crippen molar-refractivity contribution in [2.45, 2.75) is 32.9 Å². The van der Waals surface area contributed by atoms with Gasteiger partial charge < -0.3 is 20.5 Å². The summed E-state index contributed by atoms with van der Waals surface area (Å²) >= 11 is 0. The normalized spacial score (nSPS) is 12.9. The number of carboxylic acid groups (broad SMARTS) is 1. The number of aliphatic hydroxyl groups is 1. The lowest BCUT2D eigenvalue weighted by atomic mass is 10.0. The van der Waals surface area contributed by atoms with Crippen molar-refractivity contribution >= 4 is 39.3 Å². The van der Waals surface area contributed by atoms with E-state index in [9.17, 15) is 9.90 Å². The fourth-order valence-corrected chi connectivity index (χ4v) is 2.91. The van der Waals surface area contributed by atoms with E-state index in [-0.39, 0.29) is 0 Å². The number of aromatic nitrogens is 3. The molecule has 0 saturated heterocycles. The molecule has 0 radical (unpaired) electrons. The van der Waals surface area contributed by atoms with Crippen molar-refractivity contribution in [3.05, 3.63) is 36.2 Å². The van der Waals surface area contributed by atoms with Gasteiger partial charge in [-0.1, -0.05) is 6.07 Å². The van der Waals surface area contributed by atoms with E-state index in [4.69, 9.17) is 10.8 Å². The van der Waals surface area contributed by atoms with Gasteiger partial charge in [0.15, 0.2) is 5.82 Å². The van der Waals surface area contributed by atoms with E-state index < -0.39 is 11.6 Å². The molecule has 1 aromatic carbocycles. The number of benzene rings is 1. The zero-order valence-electron chi connectivity index (χ0n) is 14.3. The molecule has 4 N–H and O–H groups in total. The number of anilines is 1. The second kappa shape index (κ2) is 5.86. The summed E-state index contributed by atoms with van der Waals surface area (Å²) in [6, 6.07) is 5.49. The number of rotatable bonds is 4. The summed E-state index contributed by atoms with van der Waals surface area (Å²) in [5, 5.41) is 19.9. The number of fused-ring (bicyclic) bond motifs is 3. The van der Waals surface area contributed by atoms with Gasteiger partial charge in [-0.15, -0.1) is 0 Å². The van der Waals surface area contributed by atoms with Gasteiger partial charge in [-0.2, -0.15) is 0 Å². The van der Waals surface area contributed by atoms with E-state index in [1.807, 2.05) is 16.7 Å². The number of hydrogen-bond acceptors (Lipinski definition) is 5. The molecule has 0 spiro atoms. The second-order valence-electron chi connectivity index (χ2n) is 6.78. The van der Waals surface area contributed by atoms with Gasteiger partial charge >= 0.3 is 5.97 Å². The van der Waals surface area contributed by atoms with Crippen molar-refractivity contribution in [3.63, 3.8) is 0 Å². The van der Waals surface area contributed by atoms with Gasteiger partial charge in [0.1, 0.15) is 5.52 Å². The molecule has 0 saturated carbocycles. The molecule has 7 nitrogen and oxygen atoms in total. The van der Waals surface area contributed by atoms with Gasteiger partial charge in [-0.25, -0.2) is 14.8 Å². The molecule has 0 aliphatic carbocycles. The summed E-state index contributed by atoms with van der Waals surface area (Å²) in [5.74, 6) is -0.673. The van der Waals surface area contributed by atoms with Crippen molar-refractivity contribution in [3.8, 4) is 0 Å². The average molecular weight is 340 g/mol. The maximum Gasteiger partial charge on any atom is 0.328 e. The summed E-state index contributed by atoms with van der Waals surface area (Å²) < 4.78 is 1.84. The third kappa shape index (κ3) is 3.32. The molecule has 0 bridgehead atoms. The second-order valence-corrected chi connectivity index (χ2v) is 6.78. The molecular weight excluding hydrogens is 320 g/mol. The Morgan fingerprint density at radius 2 is 2.12 bits per heavy atom. The Bertz CT molecular complexity index is 1010. The van der Waals surface area contributed by atoms with Gasteiger partial charge in [0.25, 0.3) is 0 Å². The van der Waals surface area contributed by atoms with E-state index in [1.165, 1.54) is 0 Å². The predicted octanol–water partition coefficient (Wildman–Crippen LogP) is 2.43. The minimum Gasteiger partial charge on any atom is -0.478 e. The first-order valence-corrected chi connectivity index (χ1v) is 7.84. The first-order valence-electron chi connectivity index (χ1n) is 7.84. The van der Waals surface area contributed by atoms with Crippen molar-refractivity contribution in [2.24, 2.45) is 0 Å². The van der Waals surface area contributed by atoms with Gasteiger partial charge in [-0.3, -0.25) is 0 Å². The number of carbonyl (C=O) groups is 1. The molecule has 0 aliphatic rings. The van der Waals surface area contributed by atoms with E-state index in [2.05, 4.69) is 9.97 Å². The summed E-state index contributed by atoms with van der Waals surface area (Å²) in [6.45, 7) is 5.52. The van der Waals surface area contributed by atoms with E-state index in [0.29, 0.717) is 29.0 Å². The Morgan fingerprint density at radius 1 is 1.40 bits per heavy atom. The maximum atomic E-state index is 10.9. The molecular formula is C18H20N4O3. The molecule has 0 aliphatic heterocycles. The van der Waals surface area contributed by atoms with Crippen LogP contribution in [0.1, 0.15) is 26.3 Å². The van der Waals surface area contributed by atoms with Gasteiger partial charge in [0, 0.05) is 11.5 Å². The number of aliphatic carboxylic acids is 1. The SMILES string of the molecule is C/C(=C\C(=O)O)c1ccc2nc(N)c3ncn(CC(C)(C)O)c3c2c1. The molecule has 2 aromatic heterocycles. The topological polar surface area (TPSA) is 114 Å². The van der Waals surface area contributed by atoms with Crippen LogP contribution in [0, 0.1) is 0 Å². The van der Waals surface area contributed by atoms with Crippen molar-refractivity contribution in [2.75, 3.05) is 5.73 Å². The third-order valence-electron chi connectivity index (χ3n) is 3.93. The summed E-state index contributed by atoms with van der Waals surface area (Å²) in [7, 11) is 0. The molecule has 3 rings (SSSR count). The number of nitrogens with zero attached hydrogens (tertiary/aromatic N) is 3. The van der Waals surface area contributed by atoms with Crippen molar-refractivity contribution < 1.29 is 15.0 Å². The zero-order chi connectivity index (χ0) is 18.4. The van der Waals surface area contributed by atoms with Crippen LogP contribution in [0.3, 0.4) is 0 Å². The summed E-state index contributed by atoms with van der Waals surface area (Å²) in [5.41, 5.74) is 8.54. The minimum absolute atomic E-state index is 0.322. The molecule has 3 aromatic rings. The fourth-order valence-electron chi connectivity index (χ4n) is 2.91. The first kappa shape index (κ1) is 16.9. The summed E-state index contributed by atoms with van der Waals surface area (Å²) in [4.78, 5) is 19.6. The van der Waals surface area contributed by atoms with Crippen LogP contribution in [0.5, 0.6) is 0 Å². The minimum atomic E-state index is -0.995. The Morgan fingerprint density at radius 3 is 2.76 bits per heavy atom. The Balaban J connectivity index is 2.30. The van der Waals surface area contributed by atoms with Gasteiger partial charge in [0.05, 0.1) is 29.5 Å². The highest BCUT2D eigenvalue weighted by Gasteiger charge is 2.18. The molecule has 25 heavy (non-hydrogen) atoms. The smallest absolute Gasteiger partial charge is 0.328 e. The zero-order valence-corrected chi connectivity index (χ0v) is 14.3. The molecule has 130 valence electrons. The van der Waals surface area contributed by atoms with Crippen LogP contribution >= 0.6 is 0 Å². The monoisotopic (exact) mass is 340 g/mol.